The number of rotatable bonds is 7. The smallest absolute Gasteiger partial charge is 0.326 e. The Morgan fingerprint density at radius 1 is 1.32 bits per heavy atom. The molecule has 1 amide bonds. The number of carbonyl (C=O) groups excluding carboxylic acids is 1. The quantitative estimate of drug-likeness (QED) is 0.704. The number of nitrogens with one attached hydrogen (secondary N) is 1. The predicted molar refractivity (Wildman–Crippen MR) is 69.4 cm³/mol. The van der Waals surface area contributed by atoms with Gasteiger partial charge in [0, 0.05) is 11.3 Å². The van der Waals surface area contributed by atoms with Crippen LogP contribution in [0.15, 0.2) is 12.1 Å². The molecule has 0 radical (unpaired) electrons. The molecule has 0 fully saturated rings. The Morgan fingerprint density at radius 3 is 2.47 bits per heavy atom. The largest absolute Gasteiger partial charge is 0.481 e. The average Bonchev–Trinajstić information content (AvgIpc) is 2.73. The zero-order valence-electron chi connectivity index (χ0n) is 10.4. The number of carboxylic acids is 2. The molecule has 0 aliphatic carbocycles. The molecule has 1 rings (SSSR count). The number of hydrogen-bond acceptors (Lipinski definition) is 4. The van der Waals surface area contributed by atoms with Gasteiger partial charge in [-0.2, -0.15) is 0 Å². The van der Waals surface area contributed by atoms with Gasteiger partial charge < -0.3 is 15.5 Å². The Kier molecular flexibility index (Phi) is 5.50. The van der Waals surface area contributed by atoms with E-state index < -0.39 is 23.9 Å². The number of carbonyl (C=O) groups is 3. The van der Waals surface area contributed by atoms with E-state index in [-0.39, 0.29) is 19.3 Å². The molecule has 0 aliphatic heterocycles. The average molecular weight is 285 g/mol. The highest BCUT2D eigenvalue weighted by Gasteiger charge is 2.21. The lowest BCUT2D eigenvalue weighted by Crippen LogP contribution is -2.40. The number of thiophene rings is 1. The molecule has 1 aromatic heterocycles. The summed E-state index contributed by atoms with van der Waals surface area (Å²) in [4.78, 5) is 34.5. The number of amides is 1. The second-order valence-corrected chi connectivity index (χ2v) is 5.35. The summed E-state index contributed by atoms with van der Waals surface area (Å²) in [6, 6.07) is 2.35. The fourth-order valence-electron chi connectivity index (χ4n) is 1.50. The van der Waals surface area contributed by atoms with E-state index in [1.165, 1.54) is 11.3 Å². The molecular formula is C12H15NO5S. The minimum Gasteiger partial charge on any atom is -0.481 e. The monoisotopic (exact) mass is 285 g/mol. The summed E-state index contributed by atoms with van der Waals surface area (Å²) in [5.41, 5.74) is 0. The van der Waals surface area contributed by atoms with Gasteiger partial charge in [-0.15, -0.1) is 11.3 Å². The summed E-state index contributed by atoms with van der Waals surface area (Å²) in [5, 5.41) is 19.9. The Balaban J connectivity index is 2.55. The maximum Gasteiger partial charge on any atom is 0.326 e. The molecule has 1 aromatic rings. The lowest BCUT2D eigenvalue weighted by atomic mass is 10.1. The summed E-state index contributed by atoms with van der Waals surface area (Å²) < 4.78 is 0. The van der Waals surface area contributed by atoms with E-state index in [4.69, 9.17) is 10.2 Å². The van der Waals surface area contributed by atoms with Crippen LogP contribution in [-0.4, -0.2) is 34.1 Å². The third-order valence-electron chi connectivity index (χ3n) is 2.45. The van der Waals surface area contributed by atoms with Crippen LogP contribution >= 0.6 is 11.3 Å². The van der Waals surface area contributed by atoms with Crippen LogP contribution in [0.3, 0.4) is 0 Å². The summed E-state index contributed by atoms with van der Waals surface area (Å²) in [6.07, 6.45) is 0.186. The predicted octanol–water partition coefficient (Wildman–Crippen LogP) is 1.49. The van der Waals surface area contributed by atoms with Crippen LogP contribution in [-0.2, 0) is 9.59 Å². The van der Waals surface area contributed by atoms with Crippen LogP contribution in [0.4, 0.5) is 0 Å². The van der Waals surface area contributed by atoms with Gasteiger partial charge in [0.25, 0.3) is 5.91 Å². The van der Waals surface area contributed by atoms with E-state index in [2.05, 4.69) is 5.32 Å². The van der Waals surface area contributed by atoms with E-state index in [1.54, 1.807) is 12.1 Å². The van der Waals surface area contributed by atoms with Gasteiger partial charge in [-0.3, -0.25) is 9.59 Å². The first-order valence-corrected chi connectivity index (χ1v) is 6.53. The van der Waals surface area contributed by atoms with Crippen molar-refractivity contribution in [2.45, 2.75) is 32.2 Å². The first-order valence-electron chi connectivity index (χ1n) is 5.72. The van der Waals surface area contributed by atoms with Gasteiger partial charge in [0.15, 0.2) is 0 Å². The van der Waals surface area contributed by atoms with Crippen LogP contribution in [0.5, 0.6) is 0 Å². The number of aliphatic carboxylic acids is 2. The fraction of sp³-hybridized carbons (Fsp3) is 0.417. The lowest BCUT2D eigenvalue weighted by molar-refractivity contribution is -0.140. The maximum absolute atomic E-state index is 11.8. The molecular weight excluding hydrogens is 270 g/mol. The zero-order chi connectivity index (χ0) is 14.4. The van der Waals surface area contributed by atoms with Gasteiger partial charge in [0.05, 0.1) is 4.88 Å². The molecule has 0 spiro atoms. The highest BCUT2D eigenvalue weighted by molar-refractivity contribution is 7.13. The number of carboxylic acid groups (broad SMARTS) is 2. The van der Waals surface area contributed by atoms with Crippen LogP contribution in [0.1, 0.15) is 33.8 Å². The van der Waals surface area contributed by atoms with Crippen LogP contribution in [0.25, 0.3) is 0 Å². The Bertz CT molecular complexity index is 482. The van der Waals surface area contributed by atoms with Crippen molar-refractivity contribution in [2.24, 2.45) is 0 Å². The van der Waals surface area contributed by atoms with Gasteiger partial charge in [-0.05, 0) is 31.9 Å². The van der Waals surface area contributed by atoms with Crippen molar-refractivity contribution in [1.29, 1.82) is 0 Å². The van der Waals surface area contributed by atoms with Crippen molar-refractivity contribution < 1.29 is 24.6 Å². The van der Waals surface area contributed by atoms with Crippen molar-refractivity contribution >= 4 is 29.2 Å². The standard InChI is InChI=1S/C12H15NO5S/c1-7-5-6-9(19-7)11(16)13-8(12(17)18)3-2-4-10(14)15/h5-6,8H,2-4H2,1H3,(H,13,16)(H,14,15)(H,17,18)/t8-/m1/s1. The van der Waals surface area contributed by atoms with E-state index in [0.717, 1.165) is 4.88 Å². The summed E-state index contributed by atoms with van der Waals surface area (Å²) >= 11 is 1.28. The number of hydrogen-bond donors (Lipinski definition) is 3. The molecule has 6 nitrogen and oxygen atoms in total. The molecule has 0 unspecified atom stereocenters. The molecule has 0 saturated carbocycles. The third-order valence-corrected chi connectivity index (χ3v) is 3.45. The fourth-order valence-corrected chi connectivity index (χ4v) is 2.27. The van der Waals surface area contributed by atoms with Crippen LogP contribution in [0, 0.1) is 6.92 Å². The summed E-state index contributed by atoms with van der Waals surface area (Å²) in [6.45, 7) is 1.85. The second kappa shape index (κ2) is 6.89. The molecule has 19 heavy (non-hydrogen) atoms. The van der Waals surface area contributed by atoms with E-state index in [0.29, 0.717) is 4.88 Å². The van der Waals surface area contributed by atoms with Crippen molar-refractivity contribution in [1.82, 2.24) is 5.32 Å². The molecule has 1 heterocycles. The first kappa shape index (κ1) is 15.2. The molecule has 3 N–H and O–H groups in total. The summed E-state index contributed by atoms with van der Waals surface area (Å²) in [7, 11) is 0. The van der Waals surface area contributed by atoms with Gasteiger partial charge in [0.2, 0.25) is 0 Å². The lowest BCUT2D eigenvalue weighted by Gasteiger charge is -2.13. The molecule has 0 aliphatic rings. The Morgan fingerprint density at radius 2 is 2.00 bits per heavy atom. The Hall–Kier alpha value is -1.89. The van der Waals surface area contributed by atoms with Crippen molar-refractivity contribution in [2.75, 3.05) is 0 Å². The van der Waals surface area contributed by atoms with Crippen molar-refractivity contribution in [3.63, 3.8) is 0 Å². The molecule has 7 heteroatoms. The first-order chi connectivity index (χ1) is 8.90. The molecule has 104 valence electrons. The van der Waals surface area contributed by atoms with Crippen LogP contribution < -0.4 is 5.32 Å². The Labute approximate surface area is 114 Å². The minimum absolute atomic E-state index is 0.0950. The topological polar surface area (TPSA) is 104 Å². The normalized spacial score (nSPS) is 11.8. The van der Waals surface area contributed by atoms with Crippen molar-refractivity contribution in [3.8, 4) is 0 Å². The highest BCUT2D eigenvalue weighted by atomic mass is 32.1. The highest BCUT2D eigenvalue weighted by Crippen LogP contribution is 2.15. The van der Waals surface area contributed by atoms with E-state index >= 15 is 0 Å². The van der Waals surface area contributed by atoms with Gasteiger partial charge in [-0.25, -0.2) is 4.79 Å². The van der Waals surface area contributed by atoms with Gasteiger partial charge in [0.1, 0.15) is 6.04 Å². The van der Waals surface area contributed by atoms with E-state index in [9.17, 15) is 14.4 Å². The molecule has 0 aromatic carbocycles. The van der Waals surface area contributed by atoms with Gasteiger partial charge >= 0.3 is 11.9 Å². The molecule has 1 atom stereocenters. The van der Waals surface area contributed by atoms with E-state index in [1.807, 2.05) is 6.92 Å². The molecule has 0 bridgehead atoms. The maximum atomic E-state index is 11.8. The number of aryl methyl sites for hydroxylation is 1. The SMILES string of the molecule is Cc1ccc(C(=O)N[C@H](CCCC(=O)O)C(=O)O)s1. The second-order valence-electron chi connectivity index (χ2n) is 4.06. The summed E-state index contributed by atoms with van der Waals surface area (Å²) in [5.74, 6) is -2.59. The minimum atomic E-state index is -1.16. The zero-order valence-corrected chi connectivity index (χ0v) is 11.2. The van der Waals surface area contributed by atoms with Crippen molar-refractivity contribution in [3.05, 3.63) is 21.9 Å². The third kappa shape index (κ3) is 5.09. The molecule has 0 saturated heterocycles. The van der Waals surface area contributed by atoms with Crippen LogP contribution in [0.2, 0.25) is 0 Å². The van der Waals surface area contributed by atoms with Gasteiger partial charge in [-0.1, -0.05) is 0 Å².